The number of hydrogen-bond acceptors (Lipinski definition) is 5. The molecule has 0 saturated heterocycles. The minimum Gasteiger partial charge on any atom is -0.408 e. The molecule has 0 saturated carbocycles. The molecule has 1 heterocycles. The third kappa shape index (κ3) is 3.89. The van der Waals surface area contributed by atoms with Crippen LogP contribution in [0.4, 0.5) is 6.01 Å². The molecule has 0 aliphatic rings. The van der Waals surface area contributed by atoms with Crippen LogP contribution in [-0.2, 0) is 23.8 Å². The fourth-order valence-corrected chi connectivity index (χ4v) is 2.14. The zero-order valence-corrected chi connectivity index (χ0v) is 11.9. The maximum absolute atomic E-state index is 11.3. The molecule has 1 aromatic heterocycles. The summed E-state index contributed by atoms with van der Waals surface area (Å²) in [6.07, 6.45) is 3.45. The predicted molar refractivity (Wildman–Crippen MR) is 74.4 cm³/mol. The van der Waals surface area contributed by atoms with Gasteiger partial charge in [0.2, 0.25) is 5.89 Å². The summed E-state index contributed by atoms with van der Waals surface area (Å²) in [4.78, 5) is 0.826. The van der Waals surface area contributed by atoms with E-state index in [0.717, 1.165) is 23.3 Å². The zero-order valence-electron chi connectivity index (χ0n) is 11.0. The van der Waals surface area contributed by atoms with Crippen molar-refractivity contribution >= 4 is 16.8 Å². The first-order valence-electron chi connectivity index (χ1n) is 6.17. The van der Waals surface area contributed by atoms with Crippen molar-refractivity contribution in [3.63, 3.8) is 0 Å². The van der Waals surface area contributed by atoms with Crippen molar-refractivity contribution in [1.29, 1.82) is 0 Å². The topological polar surface area (TPSA) is 68.0 Å². The van der Waals surface area contributed by atoms with Crippen molar-refractivity contribution in [2.24, 2.45) is 0 Å². The highest BCUT2D eigenvalue weighted by molar-refractivity contribution is 7.84. The molecule has 2 rings (SSSR count). The van der Waals surface area contributed by atoms with Crippen molar-refractivity contribution in [3.05, 3.63) is 35.7 Å². The van der Waals surface area contributed by atoms with Crippen LogP contribution in [0, 0.1) is 0 Å². The van der Waals surface area contributed by atoms with Crippen molar-refractivity contribution in [3.8, 4) is 0 Å². The van der Waals surface area contributed by atoms with Gasteiger partial charge >= 0.3 is 6.01 Å². The van der Waals surface area contributed by atoms with Crippen LogP contribution in [-0.4, -0.2) is 20.7 Å². The molecule has 0 bridgehead atoms. The summed E-state index contributed by atoms with van der Waals surface area (Å²) in [6, 6.07) is 8.04. The van der Waals surface area contributed by atoms with Gasteiger partial charge in [-0.1, -0.05) is 24.2 Å². The number of aromatic nitrogens is 2. The van der Waals surface area contributed by atoms with Gasteiger partial charge in [-0.15, -0.1) is 5.10 Å². The van der Waals surface area contributed by atoms with Crippen molar-refractivity contribution in [2.75, 3.05) is 11.6 Å². The maximum Gasteiger partial charge on any atom is 0.315 e. The summed E-state index contributed by atoms with van der Waals surface area (Å²) in [5.41, 5.74) is 1.07. The second kappa shape index (κ2) is 6.47. The number of anilines is 1. The molecule has 1 atom stereocenters. The molecule has 0 unspecified atom stereocenters. The average Bonchev–Trinajstić information content (AvgIpc) is 2.85. The first-order valence-corrected chi connectivity index (χ1v) is 7.73. The van der Waals surface area contributed by atoms with Gasteiger partial charge < -0.3 is 9.73 Å². The molecule has 102 valence electrons. The van der Waals surface area contributed by atoms with Crippen LogP contribution in [0.3, 0.4) is 0 Å². The predicted octanol–water partition coefficient (Wildman–Crippen LogP) is 2.37. The molecular weight excluding hydrogens is 262 g/mol. The van der Waals surface area contributed by atoms with Gasteiger partial charge in [0.05, 0.1) is 0 Å². The third-order valence-electron chi connectivity index (χ3n) is 2.63. The highest BCUT2D eigenvalue weighted by atomic mass is 32.2. The molecule has 0 aliphatic heterocycles. The van der Waals surface area contributed by atoms with E-state index in [0.29, 0.717) is 18.5 Å². The fraction of sp³-hybridized carbons (Fsp3) is 0.385. The number of aryl methyl sites for hydroxylation is 1. The minimum absolute atomic E-state index is 0.437. The molecule has 19 heavy (non-hydrogen) atoms. The molecule has 0 amide bonds. The molecule has 0 radical (unpaired) electrons. The Hall–Kier alpha value is -1.69. The molecule has 2 aromatic rings. The quantitative estimate of drug-likeness (QED) is 0.879. The fourth-order valence-electron chi connectivity index (χ4n) is 1.62. The summed E-state index contributed by atoms with van der Waals surface area (Å²) in [6.45, 7) is 2.67. The third-order valence-corrected chi connectivity index (χ3v) is 3.57. The number of benzene rings is 1. The van der Waals surface area contributed by atoms with E-state index in [1.165, 1.54) is 0 Å². The van der Waals surface area contributed by atoms with Crippen LogP contribution >= 0.6 is 0 Å². The van der Waals surface area contributed by atoms with Crippen molar-refractivity contribution < 1.29 is 8.63 Å². The maximum atomic E-state index is 11.3. The second-order valence-electron chi connectivity index (χ2n) is 4.20. The number of nitrogens with one attached hydrogen (secondary N) is 1. The van der Waals surface area contributed by atoms with Gasteiger partial charge in [0.25, 0.3) is 0 Å². The number of nitrogens with zero attached hydrogens (tertiary/aromatic N) is 2. The molecule has 0 aliphatic carbocycles. The highest BCUT2D eigenvalue weighted by Gasteiger charge is 2.04. The lowest BCUT2D eigenvalue weighted by Gasteiger charge is -2.02. The lowest BCUT2D eigenvalue weighted by molar-refractivity contribution is 0.501. The monoisotopic (exact) mass is 279 g/mol. The van der Waals surface area contributed by atoms with Crippen LogP contribution in [0.2, 0.25) is 0 Å². The zero-order chi connectivity index (χ0) is 13.7. The van der Waals surface area contributed by atoms with Crippen molar-refractivity contribution in [2.45, 2.75) is 31.2 Å². The Morgan fingerprint density at radius 1 is 1.26 bits per heavy atom. The molecule has 6 heteroatoms. The molecule has 5 nitrogen and oxygen atoms in total. The van der Waals surface area contributed by atoms with Gasteiger partial charge in [-0.25, -0.2) is 0 Å². The second-order valence-corrected chi connectivity index (χ2v) is 5.58. The standard InChI is InChI=1S/C13H17N3O2S/c1-3-4-12-15-16-13(18-12)14-9-10-5-7-11(8-6-10)19(2)17/h5-8H,3-4,9H2,1-2H3,(H,14,16)/t19-/m1/s1. The van der Waals surface area contributed by atoms with E-state index in [-0.39, 0.29) is 0 Å². The lowest BCUT2D eigenvalue weighted by Crippen LogP contribution is -1.99. The first-order chi connectivity index (χ1) is 9.19. The van der Waals surface area contributed by atoms with Gasteiger partial charge in [0.15, 0.2) is 0 Å². The van der Waals surface area contributed by atoms with Crippen LogP contribution in [0.1, 0.15) is 24.8 Å². The molecule has 0 fully saturated rings. The Morgan fingerprint density at radius 2 is 2.00 bits per heavy atom. The van der Waals surface area contributed by atoms with E-state index in [4.69, 9.17) is 4.42 Å². The van der Waals surface area contributed by atoms with Gasteiger partial charge in [-0.05, 0) is 24.1 Å². The van der Waals surface area contributed by atoms with Crippen LogP contribution in [0.15, 0.2) is 33.6 Å². The van der Waals surface area contributed by atoms with E-state index in [2.05, 4.69) is 22.4 Å². The summed E-state index contributed by atoms with van der Waals surface area (Å²) < 4.78 is 16.7. The van der Waals surface area contributed by atoms with Gasteiger partial charge in [0.1, 0.15) is 0 Å². The molecule has 1 aromatic carbocycles. The SMILES string of the molecule is CCCc1nnc(NCc2ccc([S@@](C)=O)cc2)o1. The summed E-state index contributed by atoms with van der Waals surface area (Å²) in [7, 11) is -0.937. The highest BCUT2D eigenvalue weighted by Crippen LogP contribution is 2.11. The largest absolute Gasteiger partial charge is 0.408 e. The van der Waals surface area contributed by atoms with Gasteiger partial charge in [-0.2, -0.15) is 0 Å². The molecule has 1 N–H and O–H groups in total. The van der Waals surface area contributed by atoms with E-state index < -0.39 is 10.8 Å². The van der Waals surface area contributed by atoms with Crippen LogP contribution in [0.5, 0.6) is 0 Å². The minimum atomic E-state index is -0.937. The Labute approximate surface area is 114 Å². The summed E-state index contributed by atoms with van der Waals surface area (Å²) >= 11 is 0. The van der Waals surface area contributed by atoms with Crippen molar-refractivity contribution in [1.82, 2.24) is 10.2 Å². The van der Waals surface area contributed by atoms with E-state index >= 15 is 0 Å². The lowest BCUT2D eigenvalue weighted by atomic mass is 10.2. The van der Waals surface area contributed by atoms with E-state index in [9.17, 15) is 4.21 Å². The van der Waals surface area contributed by atoms with Gasteiger partial charge in [-0.3, -0.25) is 4.21 Å². The summed E-state index contributed by atoms with van der Waals surface area (Å²) in [5, 5.41) is 10.9. The average molecular weight is 279 g/mol. The van der Waals surface area contributed by atoms with Gasteiger partial charge in [0, 0.05) is 34.9 Å². The Balaban J connectivity index is 1.92. The summed E-state index contributed by atoms with van der Waals surface area (Å²) in [5.74, 6) is 0.654. The van der Waals surface area contributed by atoms with Crippen LogP contribution < -0.4 is 5.32 Å². The van der Waals surface area contributed by atoms with Crippen LogP contribution in [0.25, 0.3) is 0 Å². The number of rotatable bonds is 6. The van der Waals surface area contributed by atoms with E-state index in [1.54, 1.807) is 6.26 Å². The Bertz CT molecular complexity index is 551. The first kappa shape index (κ1) is 13.7. The van der Waals surface area contributed by atoms with E-state index in [1.807, 2.05) is 24.3 Å². The molecular formula is C13H17N3O2S. The normalized spacial score (nSPS) is 12.3. The molecule has 0 spiro atoms. The Kier molecular flexibility index (Phi) is 4.68. The number of hydrogen-bond donors (Lipinski definition) is 1. The Morgan fingerprint density at radius 3 is 2.63 bits per heavy atom. The smallest absolute Gasteiger partial charge is 0.315 e.